The predicted molar refractivity (Wildman–Crippen MR) is 58.5 cm³/mol. The van der Waals surface area contributed by atoms with Crippen molar-refractivity contribution in [1.29, 1.82) is 0 Å². The fraction of sp³-hybridized carbons (Fsp3) is 0.889. The normalized spacial score (nSPS) is 19.4. The molecule has 1 aliphatic heterocycles. The van der Waals surface area contributed by atoms with E-state index in [1.165, 1.54) is 12.2 Å². The molecule has 0 radical (unpaired) electrons. The van der Waals surface area contributed by atoms with Gasteiger partial charge < -0.3 is 10.1 Å². The van der Waals surface area contributed by atoms with Gasteiger partial charge in [-0.15, -0.1) is 0 Å². The van der Waals surface area contributed by atoms with E-state index in [9.17, 15) is 0 Å². The number of thioether (sulfide) groups is 1. The first kappa shape index (κ1) is 10.9. The zero-order valence-corrected chi connectivity index (χ0v) is 9.19. The number of hydrogen-bond donors (Lipinski definition) is 1. The van der Waals surface area contributed by atoms with E-state index in [1.54, 1.807) is 7.11 Å². The summed E-state index contributed by atoms with van der Waals surface area (Å²) in [4.78, 5) is 4.41. The monoisotopic (exact) mass is 202 g/mol. The maximum atomic E-state index is 5.01. The minimum Gasteiger partial charge on any atom is -0.385 e. The van der Waals surface area contributed by atoms with Crippen molar-refractivity contribution in [2.24, 2.45) is 4.99 Å². The molecule has 4 heteroatoms. The lowest BCUT2D eigenvalue weighted by Gasteiger charge is -2.18. The van der Waals surface area contributed by atoms with E-state index < -0.39 is 0 Å². The van der Waals surface area contributed by atoms with E-state index in [-0.39, 0.29) is 0 Å². The highest BCUT2D eigenvalue weighted by atomic mass is 32.2. The zero-order chi connectivity index (χ0) is 9.52. The molecule has 1 heterocycles. The summed E-state index contributed by atoms with van der Waals surface area (Å²) in [6.45, 7) is 3.95. The molecule has 0 aliphatic carbocycles. The second-order valence-corrected chi connectivity index (χ2v) is 4.30. The standard InChI is InChI=1S/C9H18N2OS/c1-8(4-6-12-2)11-9-10-5-3-7-13-9/h8H,3-7H2,1-2H3,(H,10,11). The van der Waals surface area contributed by atoms with Gasteiger partial charge in [-0.05, 0) is 19.8 Å². The number of aliphatic imine (C=N–C) groups is 1. The van der Waals surface area contributed by atoms with Gasteiger partial charge in [-0.3, -0.25) is 4.99 Å². The molecular formula is C9H18N2OS. The highest BCUT2D eigenvalue weighted by molar-refractivity contribution is 8.13. The molecule has 1 atom stereocenters. The largest absolute Gasteiger partial charge is 0.385 e. The van der Waals surface area contributed by atoms with Crippen LogP contribution in [0.1, 0.15) is 19.8 Å². The van der Waals surface area contributed by atoms with Gasteiger partial charge in [0.1, 0.15) is 0 Å². The SMILES string of the molecule is COCCC(C)NC1=NCCCS1. The molecule has 1 aliphatic rings. The van der Waals surface area contributed by atoms with Crippen molar-refractivity contribution < 1.29 is 4.74 Å². The minimum atomic E-state index is 0.462. The molecule has 1 rings (SSSR count). The van der Waals surface area contributed by atoms with Crippen molar-refractivity contribution in [2.75, 3.05) is 26.0 Å². The highest BCUT2D eigenvalue weighted by Crippen LogP contribution is 2.11. The van der Waals surface area contributed by atoms with Crippen LogP contribution in [0, 0.1) is 0 Å². The smallest absolute Gasteiger partial charge is 0.156 e. The quantitative estimate of drug-likeness (QED) is 0.750. The number of nitrogens with zero attached hydrogens (tertiary/aromatic N) is 1. The van der Waals surface area contributed by atoms with E-state index >= 15 is 0 Å². The van der Waals surface area contributed by atoms with E-state index in [4.69, 9.17) is 4.74 Å². The number of rotatable bonds is 4. The summed E-state index contributed by atoms with van der Waals surface area (Å²) in [6, 6.07) is 0.462. The van der Waals surface area contributed by atoms with Gasteiger partial charge >= 0.3 is 0 Å². The third kappa shape index (κ3) is 4.52. The van der Waals surface area contributed by atoms with Gasteiger partial charge in [0.05, 0.1) is 0 Å². The Kier molecular flexibility index (Phi) is 5.23. The van der Waals surface area contributed by atoms with Crippen molar-refractivity contribution >= 4 is 16.9 Å². The van der Waals surface area contributed by atoms with Crippen LogP contribution in [-0.4, -0.2) is 37.2 Å². The Balaban J connectivity index is 2.18. The summed E-state index contributed by atoms with van der Waals surface area (Å²) in [6.07, 6.45) is 2.25. The number of hydrogen-bond acceptors (Lipinski definition) is 4. The van der Waals surface area contributed by atoms with Gasteiger partial charge in [-0.1, -0.05) is 11.8 Å². The molecule has 0 aromatic rings. The highest BCUT2D eigenvalue weighted by Gasteiger charge is 2.08. The second kappa shape index (κ2) is 6.27. The second-order valence-electron chi connectivity index (χ2n) is 3.22. The Morgan fingerprint density at radius 3 is 3.15 bits per heavy atom. The first-order chi connectivity index (χ1) is 6.33. The van der Waals surface area contributed by atoms with Crippen LogP contribution >= 0.6 is 11.8 Å². The molecular weight excluding hydrogens is 184 g/mol. The van der Waals surface area contributed by atoms with Crippen LogP contribution in [0.4, 0.5) is 0 Å². The number of nitrogens with one attached hydrogen (secondary N) is 1. The summed E-state index contributed by atoms with van der Waals surface area (Å²) in [5.74, 6) is 1.20. The Morgan fingerprint density at radius 2 is 2.54 bits per heavy atom. The Bertz CT molecular complexity index is 173. The number of ether oxygens (including phenoxy) is 1. The fourth-order valence-corrected chi connectivity index (χ4v) is 2.06. The molecule has 0 saturated heterocycles. The van der Waals surface area contributed by atoms with Gasteiger partial charge in [-0.25, -0.2) is 0 Å². The third-order valence-corrected chi connectivity index (χ3v) is 2.93. The Labute approximate surface area is 84.3 Å². The number of amidine groups is 1. The van der Waals surface area contributed by atoms with Gasteiger partial charge in [0.25, 0.3) is 0 Å². The maximum Gasteiger partial charge on any atom is 0.156 e. The minimum absolute atomic E-state index is 0.462. The Morgan fingerprint density at radius 1 is 1.69 bits per heavy atom. The summed E-state index contributed by atoms with van der Waals surface area (Å²) < 4.78 is 5.01. The summed E-state index contributed by atoms with van der Waals surface area (Å²) in [5, 5.41) is 4.49. The van der Waals surface area contributed by atoms with Crippen LogP contribution in [-0.2, 0) is 4.74 Å². The average molecular weight is 202 g/mol. The van der Waals surface area contributed by atoms with Crippen molar-refractivity contribution in [3.8, 4) is 0 Å². The fourth-order valence-electron chi connectivity index (χ4n) is 1.12. The van der Waals surface area contributed by atoms with Crippen LogP contribution in [0.3, 0.4) is 0 Å². The van der Waals surface area contributed by atoms with Gasteiger partial charge in [0.15, 0.2) is 5.17 Å². The lowest BCUT2D eigenvalue weighted by molar-refractivity contribution is 0.187. The molecule has 0 fully saturated rings. The third-order valence-electron chi connectivity index (χ3n) is 1.92. The molecule has 0 bridgehead atoms. The van der Waals surface area contributed by atoms with Crippen LogP contribution in [0.15, 0.2) is 4.99 Å². The van der Waals surface area contributed by atoms with Crippen LogP contribution < -0.4 is 5.32 Å². The molecule has 0 saturated carbocycles. The van der Waals surface area contributed by atoms with Crippen molar-refractivity contribution in [2.45, 2.75) is 25.8 Å². The molecule has 13 heavy (non-hydrogen) atoms. The van der Waals surface area contributed by atoms with Crippen LogP contribution in [0.5, 0.6) is 0 Å². The average Bonchev–Trinajstić information content (AvgIpc) is 2.16. The molecule has 1 N–H and O–H groups in total. The van der Waals surface area contributed by atoms with Crippen molar-refractivity contribution in [1.82, 2.24) is 5.32 Å². The first-order valence-corrected chi connectivity index (χ1v) is 5.74. The number of methoxy groups -OCH3 is 1. The zero-order valence-electron chi connectivity index (χ0n) is 8.38. The van der Waals surface area contributed by atoms with Gasteiger partial charge in [-0.2, -0.15) is 0 Å². The molecule has 0 aromatic carbocycles. The predicted octanol–water partition coefficient (Wildman–Crippen LogP) is 1.49. The van der Waals surface area contributed by atoms with Gasteiger partial charge in [0, 0.05) is 32.1 Å². The molecule has 76 valence electrons. The van der Waals surface area contributed by atoms with Gasteiger partial charge in [0.2, 0.25) is 0 Å². The van der Waals surface area contributed by atoms with E-state index in [0.717, 1.165) is 24.7 Å². The summed E-state index contributed by atoms with van der Waals surface area (Å²) >= 11 is 1.82. The lowest BCUT2D eigenvalue weighted by atomic mass is 10.2. The van der Waals surface area contributed by atoms with Crippen molar-refractivity contribution in [3.63, 3.8) is 0 Å². The molecule has 0 amide bonds. The Hall–Kier alpha value is -0.220. The van der Waals surface area contributed by atoms with E-state index in [0.29, 0.717) is 6.04 Å². The molecule has 3 nitrogen and oxygen atoms in total. The lowest BCUT2D eigenvalue weighted by Crippen LogP contribution is -2.33. The molecule has 0 aromatic heterocycles. The topological polar surface area (TPSA) is 33.6 Å². The van der Waals surface area contributed by atoms with Crippen molar-refractivity contribution in [3.05, 3.63) is 0 Å². The summed E-state index contributed by atoms with van der Waals surface area (Å²) in [7, 11) is 1.74. The maximum absolute atomic E-state index is 5.01. The molecule has 1 unspecified atom stereocenters. The first-order valence-electron chi connectivity index (χ1n) is 4.75. The van der Waals surface area contributed by atoms with E-state index in [2.05, 4.69) is 17.2 Å². The molecule has 0 spiro atoms. The van der Waals surface area contributed by atoms with Crippen LogP contribution in [0.2, 0.25) is 0 Å². The van der Waals surface area contributed by atoms with E-state index in [1.807, 2.05) is 11.8 Å². The summed E-state index contributed by atoms with van der Waals surface area (Å²) in [5.41, 5.74) is 0. The van der Waals surface area contributed by atoms with Crippen LogP contribution in [0.25, 0.3) is 0 Å².